The molecule has 2 aliphatic rings. The van der Waals surface area contributed by atoms with E-state index >= 15 is 0 Å². The molecule has 1 saturated carbocycles. The van der Waals surface area contributed by atoms with Gasteiger partial charge in [0.25, 0.3) is 0 Å². The summed E-state index contributed by atoms with van der Waals surface area (Å²) in [5.74, 6) is -1.71. The van der Waals surface area contributed by atoms with Crippen LogP contribution in [0.4, 0.5) is 22.0 Å². The molecule has 5 rings (SSSR count). The third-order valence-electron chi connectivity index (χ3n) is 7.42. The van der Waals surface area contributed by atoms with Crippen LogP contribution in [0.1, 0.15) is 55.1 Å². The van der Waals surface area contributed by atoms with Crippen molar-refractivity contribution in [1.29, 1.82) is 0 Å². The van der Waals surface area contributed by atoms with Crippen molar-refractivity contribution in [2.75, 3.05) is 0 Å². The van der Waals surface area contributed by atoms with E-state index in [4.69, 9.17) is 0 Å². The molecule has 13 heteroatoms. The van der Waals surface area contributed by atoms with E-state index in [9.17, 15) is 30.4 Å². The Labute approximate surface area is 202 Å². The molecule has 0 aliphatic heterocycles. The zero-order valence-corrected chi connectivity index (χ0v) is 20.0. The summed E-state index contributed by atoms with van der Waals surface area (Å²) in [7, 11) is -5.98. The van der Waals surface area contributed by atoms with E-state index in [1.54, 1.807) is 13.0 Å². The first-order valence-electron chi connectivity index (χ1n) is 10.9. The first-order valence-corrected chi connectivity index (χ1v) is 12.3. The highest BCUT2D eigenvalue weighted by molar-refractivity contribution is 7.87. The molecule has 2 atom stereocenters. The molecule has 1 fully saturated rings. The highest BCUT2D eigenvalue weighted by Gasteiger charge is 2.65. The molecule has 190 valence electrons. The molecule has 1 aromatic carbocycles. The zero-order chi connectivity index (χ0) is 26.3. The standard InChI is InChI=1S/C23H19F5N4O3S/c1-11-10-29-20(35-36(33,34)23(26,27)28)30-18(11)22-8-7-13(21(22,2)3)12-9-16(31-32-19(12)22)17-14(24)5-4-6-15(17)25/h4-6,9-10,13H,7-8H2,1-3H3/t13-,22-/m0/s1. The lowest BCUT2D eigenvalue weighted by Gasteiger charge is -2.38. The van der Waals surface area contributed by atoms with Gasteiger partial charge < -0.3 is 4.18 Å². The van der Waals surface area contributed by atoms with Crippen LogP contribution in [0.3, 0.4) is 0 Å². The summed E-state index contributed by atoms with van der Waals surface area (Å²) in [5, 5.41) is 8.44. The number of aryl methyl sites for hydroxylation is 1. The average Bonchev–Trinajstić information content (AvgIpc) is 3.15. The van der Waals surface area contributed by atoms with Gasteiger partial charge in [0.2, 0.25) is 0 Å². The molecule has 7 nitrogen and oxygen atoms in total. The normalized spacial score (nSPS) is 22.5. The Balaban J connectivity index is 1.67. The second-order valence-corrected chi connectivity index (χ2v) is 11.1. The van der Waals surface area contributed by atoms with Crippen LogP contribution in [0.25, 0.3) is 11.3 Å². The van der Waals surface area contributed by atoms with Gasteiger partial charge in [0, 0.05) is 6.20 Å². The Morgan fingerprint density at radius 3 is 2.39 bits per heavy atom. The Hall–Kier alpha value is -3.22. The maximum Gasteiger partial charge on any atom is 0.534 e. The number of rotatable bonds is 4. The number of halogens is 5. The highest BCUT2D eigenvalue weighted by Crippen LogP contribution is 2.69. The molecule has 0 unspecified atom stereocenters. The van der Waals surface area contributed by atoms with Crippen molar-refractivity contribution in [2.24, 2.45) is 5.41 Å². The summed E-state index contributed by atoms with van der Waals surface area (Å²) < 4.78 is 94.7. The molecule has 0 radical (unpaired) electrons. The van der Waals surface area contributed by atoms with Gasteiger partial charge in [-0.3, -0.25) is 0 Å². The molecule has 2 bridgehead atoms. The lowest BCUT2D eigenvalue weighted by Crippen LogP contribution is -2.39. The predicted molar refractivity (Wildman–Crippen MR) is 116 cm³/mol. The predicted octanol–water partition coefficient (Wildman–Crippen LogP) is 4.95. The van der Waals surface area contributed by atoms with Gasteiger partial charge in [-0.15, -0.1) is 5.10 Å². The number of nitrogens with zero attached hydrogens (tertiary/aromatic N) is 4. The summed E-state index contributed by atoms with van der Waals surface area (Å²) in [4.78, 5) is 7.76. The van der Waals surface area contributed by atoms with Gasteiger partial charge in [0.1, 0.15) is 11.6 Å². The molecule has 2 aliphatic carbocycles. The van der Waals surface area contributed by atoms with Gasteiger partial charge in [-0.25, -0.2) is 13.8 Å². The van der Waals surface area contributed by atoms with Crippen molar-refractivity contribution in [3.05, 3.63) is 64.6 Å². The Kier molecular flexibility index (Phi) is 5.19. The van der Waals surface area contributed by atoms with Crippen LogP contribution < -0.4 is 4.18 Å². The summed E-state index contributed by atoms with van der Waals surface area (Å²) >= 11 is 0. The number of alkyl halides is 3. The third kappa shape index (κ3) is 3.24. The molecule has 2 aromatic heterocycles. The fourth-order valence-electron chi connectivity index (χ4n) is 5.76. The van der Waals surface area contributed by atoms with Crippen LogP contribution in [0.2, 0.25) is 0 Å². The van der Waals surface area contributed by atoms with Crippen molar-refractivity contribution in [1.82, 2.24) is 20.2 Å². The zero-order valence-electron chi connectivity index (χ0n) is 19.2. The van der Waals surface area contributed by atoms with Crippen molar-refractivity contribution >= 4 is 10.1 Å². The second kappa shape index (κ2) is 7.64. The first-order chi connectivity index (χ1) is 16.7. The molecular weight excluding hydrogens is 507 g/mol. The molecule has 0 N–H and O–H groups in total. The number of fused-ring (bicyclic) bond motifs is 5. The van der Waals surface area contributed by atoms with Crippen LogP contribution in [-0.2, 0) is 15.5 Å². The molecule has 2 heterocycles. The van der Waals surface area contributed by atoms with Crippen molar-refractivity contribution in [3.63, 3.8) is 0 Å². The molecule has 0 amide bonds. The maximum absolute atomic E-state index is 14.4. The summed E-state index contributed by atoms with van der Waals surface area (Å²) in [6, 6.07) is 4.09. The smallest absolute Gasteiger partial charge is 0.337 e. The fourth-order valence-corrected chi connectivity index (χ4v) is 6.13. The van der Waals surface area contributed by atoms with Gasteiger partial charge in [-0.05, 0) is 60.4 Å². The summed E-state index contributed by atoms with van der Waals surface area (Å²) in [5.41, 5.74) is -5.61. The summed E-state index contributed by atoms with van der Waals surface area (Å²) in [6.07, 6.45) is 2.31. The molecule has 0 spiro atoms. The van der Waals surface area contributed by atoms with E-state index in [-0.39, 0.29) is 22.9 Å². The molecular formula is C23H19F5N4O3S. The molecule has 36 heavy (non-hydrogen) atoms. The van der Waals surface area contributed by atoms with E-state index in [2.05, 4.69) is 24.3 Å². The van der Waals surface area contributed by atoms with Crippen LogP contribution >= 0.6 is 0 Å². The quantitative estimate of drug-likeness (QED) is 0.270. The van der Waals surface area contributed by atoms with Crippen LogP contribution in [0.15, 0.2) is 30.5 Å². The Morgan fingerprint density at radius 2 is 1.75 bits per heavy atom. The first kappa shape index (κ1) is 24.5. The molecule has 3 aromatic rings. The number of hydrogen-bond donors (Lipinski definition) is 0. The second-order valence-electron chi connectivity index (χ2n) is 9.52. The van der Waals surface area contributed by atoms with Crippen LogP contribution in [0, 0.1) is 24.0 Å². The van der Waals surface area contributed by atoms with Crippen molar-refractivity contribution < 1.29 is 34.6 Å². The van der Waals surface area contributed by atoms with E-state index in [0.717, 1.165) is 12.1 Å². The highest BCUT2D eigenvalue weighted by atomic mass is 32.2. The van der Waals surface area contributed by atoms with Gasteiger partial charge in [0.05, 0.1) is 28.1 Å². The number of aromatic nitrogens is 4. The van der Waals surface area contributed by atoms with E-state index in [1.807, 2.05) is 13.8 Å². The van der Waals surface area contributed by atoms with E-state index in [1.165, 1.54) is 12.3 Å². The monoisotopic (exact) mass is 526 g/mol. The van der Waals surface area contributed by atoms with Crippen molar-refractivity contribution in [3.8, 4) is 17.3 Å². The topological polar surface area (TPSA) is 94.9 Å². The average molecular weight is 526 g/mol. The van der Waals surface area contributed by atoms with E-state index < -0.39 is 44.1 Å². The SMILES string of the molecule is Cc1cnc(OS(=O)(=O)C(F)(F)F)nc1[C@@]12CC[C@@H](c3cc(-c4c(F)cccc4F)nnc31)C2(C)C. The lowest BCUT2D eigenvalue weighted by molar-refractivity contribution is -0.0503. The minimum Gasteiger partial charge on any atom is -0.337 e. The third-order valence-corrected chi connectivity index (χ3v) is 8.36. The minimum absolute atomic E-state index is 0.0163. The van der Waals surface area contributed by atoms with Crippen LogP contribution in [0.5, 0.6) is 6.01 Å². The Bertz CT molecular complexity index is 1490. The van der Waals surface area contributed by atoms with Crippen molar-refractivity contribution in [2.45, 2.75) is 50.5 Å². The maximum atomic E-state index is 14.4. The van der Waals surface area contributed by atoms with Gasteiger partial charge in [-0.1, -0.05) is 19.9 Å². The fraction of sp³-hybridized carbons (Fsp3) is 0.391. The Morgan fingerprint density at radius 1 is 1.08 bits per heavy atom. The molecule has 0 saturated heterocycles. The minimum atomic E-state index is -5.98. The van der Waals surface area contributed by atoms with Gasteiger partial charge in [0.15, 0.2) is 0 Å². The van der Waals surface area contributed by atoms with Crippen LogP contribution in [-0.4, -0.2) is 34.1 Å². The van der Waals surface area contributed by atoms with Gasteiger partial charge >= 0.3 is 21.6 Å². The number of benzene rings is 1. The summed E-state index contributed by atoms with van der Waals surface area (Å²) in [6.45, 7) is 5.51. The largest absolute Gasteiger partial charge is 0.534 e. The lowest BCUT2D eigenvalue weighted by atomic mass is 9.65. The number of hydrogen-bond acceptors (Lipinski definition) is 7. The van der Waals surface area contributed by atoms with E-state index in [0.29, 0.717) is 29.7 Å². The van der Waals surface area contributed by atoms with Gasteiger partial charge in [-0.2, -0.15) is 31.7 Å².